The van der Waals surface area contributed by atoms with E-state index in [4.69, 9.17) is 9.47 Å². The van der Waals surface area contributed by atoms with E-state index in [1.54, 1.807) is 4.57 Å². The van der Waals surface area contributed by atoms with Crippen LogP contribution in [0.15, 0.2) is 23.2 Å². The largest absolute Gasteiger partial charge is 0.465 e. The summed E-state index contributed by atoms with van der Waals surface area (Å²) in [6.45, 7) is 2.61. The molecule has 0 radical (unpaired) electrons. The number of nitrogens with zero attached hydrogens (tertiary/aromatic N) is 3. The quantitative estimate of drug-likeness (QED) is 0.202. The van der Waals surface area contributed by atoms with Crippen LogP contribution in [0.25, 0.3) is 10.2 Å². The Balaban J connectivity index is 1.53. The highest BCUT2D eigenvalue weighted by Crippen LogP contribution is 2.40. The minimum Gasteiger partial charge on any atom is -0.465 e. The van der Waals surface area contributed by atoms with Crippen molar-refractivity contribution in [2.45, 2.75) is 32.7 Å². The summed E-state index contributed by atoms with van der Waals surface area (Å²) in [6.07, 6.45) is 2.27. The third-order valence-corrected chi connectivity index (χ3v) is 10.1. The number of sulfone groups is 1. The Hall–Kier alpha value is -3.47. The summed E-state index contributed by atoms with van der Waals surface area (Å²) in [5, 5.41) is 13.9. The molecule has 220 valence electrons. The van der Waals surface area contributed by atoms with Gasteiger partial charge in [-0.2, -0.15) is 4.99 Å². The first-order chi connectivity index (χ1) is 19.4. The number of hydrogen-bond acceptors (Lipinski definition) is 11. The fourth-order valence-corrected chi connectivity index (χ4v) is 8.09. The number of anilines is 1. The Kier molecular flexibility index (Phi) is 9.36. The lowest BCUT2D eigenvalue weighted by Gasteiger charge is -2.18. The van der Waals surface area contributed by atoms with Crippen molar-refractivity contribution in [2.24, 2.45) is 10.9 Å². The predicted molar refractivity (Wildman–Crippen MR) is 153 cm³/mol. The number of hydrogen-bond donors (Lipinski definition) is 1. The van der Waals surface area contributed by atoms with Crippen LogP contribution in [-0.2, 0) is 48.3 Å². The number of rotatable bonds is 10. The number of benzene rings is 1. The lowest BCUT2D eigenvalue weighted by molar-refractivity contribution is -0.384. The normalized spacial score (nSPS) is 15.5. The van der Waals surface area contributed by atoms with Gasteiger partial charge in [0, 0.05) is 30.7 Å². The van der Waals surface area contributed by atoms with Crippen molar-refractivity contribution in [3.63, 3.8) is 0 Å². The molecule has 4 rings (SSSR count). The number of thiophene rings is 1. The number of fused-ring (bicyclic) bond motifs is 2. The lowest BCUT2D eigenvalue weighted by Crippen LogP contribution is -2.28. The van der Waals surface area contributed by atoms with E-state index in [-0.39, 0.29) is 34.2 Å². The van der Waals surface area contributed by atoms with Gasteiger partial charge in [-0.25, -0.2) is 13.2 Å². The van der Waals surface area contributed by atoms with Gasteiger partial charge in [-0.1, -0.05) is 18.3 Å². The molecule has 1 atom stereocenters. The number of thiazole rings is 1. The van der Waals surface area contributed by atoms with E-state index in [1.807, 2.05) is 0 Å². The fraction of sp³-hybridized carbons (Fsp3) is 0.440. The van der Waals surface area contributed by atoms with E-state index >= 15 is 0 Å². The maximum atomic E-state index is 12.8. The van der Waals surface area contributed by atoms with Gasteiger partial charge in [0.15, 0.2) is 14.6 Å². The molecule has 2 aromatic heterocycles. The van der Waals surface area contributed by atoms with Crippen LogP contribution in [0, 0.1) is 16.0 Å². The van der Waals surface area contributed by atoms with Gasteiger partial charge in [-0.05, 0) is 36.8 Å². The fourth-order valence-electron chi connectivity index (χ4n) is 4.56. The third-order valence-electron chi connectivity index (χ3n) is 6.47. The molecule has 2 amide bonds. The van der Waals surface area contributed by atoms with E-state index in [0.29, 0.717) is 22.6 Å². The van der Waals surface area contributed by atoms with Crippen molar-refractivity contribution < 1.29 is 37.2 Å². The van der Waals surface area contributed by atoms with Gasteiger partial charge in [0.2, 0.25) is 5.91 Å². The average molecular weight is 625 g/mol. The summed E-state index contributed by atoms with van der Waals surface area (Å²) in [5.41, 5.74) is 1.48. The van der Waals surface area contributed by atoms with Crippen molar-refractivity contribution in [3.8, 4) is 0 Å². The molecular weight excluding hydrogens is 596 g/mol. The second-order valence-corrected chi connectivity index (χ2v) is 13.8. The van der Waals surface area contributed by atoms with Crippen LogP contribution in [0.3, 0.4) is 0 Å². The number of nitro benzene ring substituents is 1. The second kappa shape index (κ2) is 12.6. The molecular formula is C25H28N4O9S3. The molecule has 16 heteroatoms. The number of carbonyl (C=O) groups excluding carboxylic acids is 3. The van der Waals surface area contributed by atoms with Crippen LogP contribution < -0.4 is 10.1 Å². The molecule has 0 spiro atoms. The van der Waals surface area contributed by atoms with Crippen LogP contribution in [0.2, 0.25) is 0 Å². The van der Waals surface area contributed by atoms with Gasteiger partial charge < -0.3 is 19.4 Å². The summed E-state index contributed by atoms with van der Waals surface area (Å²) in [4.78, 5) is 53.6. The summed E-state index contributed by atoms with van der Waals surface area (Å²) < 4.78 is 37.6. The van der Waals surface area contributed by atoms with E-state index in [0.717, 1.165) is 34.6 Å². The van der Waals surface area contributed by atoms with Crippen molar-refractivity contribution in [1.29, 1.82) is 0 Å². The Bertz CT molecular complexity index is 1700. The summed E-state index contributed by atoms with van der Waals surface area (Å²) in [7, 11) is -1.51. The zero-order valence-corrected chi connectivity index (χ0v) is 24.9. The molecule has 1 N–H and O–H groups in total. The number of amides is 2. The van der Waals surface area contributed by atoms with Crippen LogP contribution in [-0.4, -0.2) is 68.0 Å². The van der Waals surface area contributed by atoms with Crippen molar-refractivity contribution >= 4 is 71.2 Å². The molecule has 3 aromatic rings. The first-order valence-corrected chi connectivity index (χ1v) is 15.9. The maximum absolute atomic E-state index is 12.8. The molecule has 0 fully saturated rings. The van der Waals surface area contributed by atoms with Gasteiger partial charge >= 0.3 is 5.97 Å². The minimum atomic E-state index is -4.23. The Morgan fingerprint density at radius 1 is 1.22 bits per heavy atom. The Labute approximate surface area is 242 Å². The highest BCUT2D eigenvalue weighted by molar-refractivity contribution is 7.92. The molecule has 0 aliphatic heterocycles. The second-order valence-electron chi connectivity index (χ2n) is 9.57. The molecule has 41 heavy (non-hydrogen) atoms. The molecule has 0 saturated heterocycles. The van der Waals surface area contributed by atoms with E-state index in [1.165, 1.54) is 43.8 Å². The number of carbonyl (C=O) groups is 3. The Morgan fingerprint density at radius 2 is 1.98 bits per heavy atom. The number of aromatic nitrogens is 1. The van der Waals surface area contributed by atoms with Crippen LogP contribution >= 0.6 is 22.7 Å². The van der Waals surface area contributed by atoms with Crippen LogP contribution in [0.1, 0.15) is 34.1 Å². The highest BCUT2D eigenvalue weighted by Gasteiger charge is 2.30. The monoisotopic (exact) mass is 624 g/mol. The zero-order chi connectivity index (χ0) is 29.9. The molecule has 2 heterocycles. The van der Waals surface area contributed by atoms with Crippen molar-refractivity contribution in [1.82, 2.24) is 4.57 Å². The Morgan fingerprint density at radius 3 is 2.66 bits per heavy atom. The molecule has 0 saturated carbocycles. The number of ether oxygens (including phenoxy) is 2. The SMILES string of the molecule is COCCn1c(=NC(=O)CS(=O)(=O)CC(=O)Nc2sc3c(c2C(=O)OC)CCC(C)C3)sc2cc([N+](=O)[O-])ccc21. The first kappa shape index (κ1) is 30.5. The third kappa shape index (κ3) is 7.06. The molecule has 1 aromatic carbocycles. The minimum absolute atomic E-state index is 0.138. The summed E-state index contributed by atoms with van der Waals surface area (Å²) in [5.74, 6) is -4.11. The maximum Gasteiger partial charge on any atom is 0.341 e. The highest BCUT2D eigenvalue weighted by atomic mass is 32.2. The van der Waals surface area contributed by atoms with Crippen molar-refractivity contribution in [2.75, 3.05) is 37.6 Å². The van der Waals surface area contributed by atoms with Crippen LogP contribution in [0.5, 0.6) is 0 Å². The van der Waals surface area contributed by atoms with E-state index in [9.17, 15) is 32.9 Å². The number of nitrogens with one attached hydrogen (secondary N) is 1. The van der Waals surface area contributed by atoms with Gasteiger partial charge in [-0.15, -0.1) is 11.3 Å². The van der Waals surface area contributed by atoms with E-state index in [2.05, 4.69) is 17.2 Å². The zero-order valence-electron chi connectivity index (χ0n) is 22.5. The predicted octanol–water partition coefficient (Wildman–Crippen LogP) is 2.71. The molecule has 1 aliphatic rings. The first-order valence-electron chi connectivity index (χ1n) is 12.5. The molecule has 1 aliphatic carbocycles. The molecule has 13 nitrogen and oxygen atoms in total. The van der Waals surface area contributed by atoms with Gasteiger partial charge in [-0.3, -0.25) is 19.7 Å². The van der Waals surface area contributed by atoms with Crippen LogP contribution in [0.4, 0.5) is 10.7 Å². The van der Waals surface area contributed by atoms with Gasteiger partial charge in [0.25, 0.3) is 11.6 Å². The van der Waals surface area contributed by atoms with E-state index < -0.39 is 44.0 Å². The summed E-state index contributed by atoms with van der Waals surface area (Å²) in [6, 6.07) is 4.19. The number of esters is 1. The standard InChI is InChI=1S/C25H28N4O9S3/c1-14-4-6-16-18(10-14)39-23(22(16)24(32)38-3)26-20(30)12-41(35,36)13-21(31)27-25-28(8-9-37-2)17-7-5-15(29(33)34)11-19(17)40-25/h5,7,11,14H,4,6,8-10,12-13H2,1-3H3,(H,26,30). The smallest absolute Gasteiger partial charge is 0.341 e. The molecule has 0 bridgehead atoms. The molecule has 1 unspecified atom stereocenters. The van der Waals surface area contributed by atoms with Gasteiger partial charge in [0.1, 0.15) is 16.5 Å². The summed E-state index contributed by atoms with van der Waals surface area (Å²) >= 11 is 2.22. The van der Waals surface area contributed by atoms with Gasteiger partial charge in [0.05, 0.1) is 34.4 Å². The number of nitro groups is 1. The number of non-ortho nitro benzene ring substituents is 1. The number of methoxy groups -OCH3 is 2. The lowest BCUT2D eigenvalue weighted by atomic mass is 9.88. The topological polar surface area (TPSA) is 176 Å². The average Bonchev–Trinajstić information content (AvgIpc) is 3.41. The van der Waals surface area contributed by atoms with Crippen molar-refractivity contribution in [3.05, 3.63) is 49.1 Å².